The fourth-order valence-corrected chi connectivity index (χ4v) is 4.19. The summed E-state index contributed by atoms with van der Waals surface area (Å²) < 4.78 is 58.8. The van der Waals surface area contributed by atoms with Crippen LogP contribution < -0.4 is 0 Å². The molecule has 1 atom stereocenters. The van der Waals surface area contributed by atoms with E-state index in [4.69, 9.17) is 4.74 Å². The van der Waals surface area contributed by atoms with Crippen molar-refractivity contribution in [3.63, 3.8) is 0 Å². The summed E-state index contributed by atoms with van der Waals surface area (Å²) in [7, 11) is -4.07. The first-order valence-electron chi connectivity index (χ1n) is 8.19. The van der Waals surface area contributed by atoms with Gasteiger partial charge in [0.25, 0.3) is 5.91 Å². The van der Waals surface area contributed by atoms with Crippen LogP contribution in [0.5, 0.6) is 0 Å². The van der Waals surface area contributed by atoms with E-state index in [-0.39, 0.29) is 13.2 Å². The second-order valence-electron chi connectivity index (χ2n) is 5.97. The SMILES string of the molecule is O=C(c1c(F)cccc1F)N1[C@H](COCc2ccccc2)C=CCS1(=O)=O. The number of carbonyl (C=O) groups is 1. The molecular weight excluding hydrogens is 376 g/mol. The zero-order valence-electron chi connectivity index (χ0n) is 14.2. The summed E-state index contributed by atoms with van der Waals surface area (Å²) >= 11 is 0. The number of carbonyl (C=O) groups excluding carboxylic acids is 1. The molecule has 0 spiro atoms. The van der Waals surface area contributed by atoms with Crippen LogP contribution in [0.25, 0.3) is 0 Å². The van der Waals surface area contributed by atoms with Crippen LogP contribution in [0.15, 0.2) is 60.7 Å². The highest BCUT2D eigenvalue weighted by Gasteiger charge is 2.38. The smallest absolute Gasteiger partial charge is 0.273 e. The van der Waals surface area contributed by atoms with Gasteiger partial charge >= 0.3 is 0 Å². The second kappa shape index (κ2) is 7.98. The standard InChI is InChI=1S/C19H17F2NO4S/c20-16-9-4-10-17(21)18(16)19(23)22-15(8-5-11-27(22,24)25)13-26-12-14-6-2-1-3-7-14/h1-10,15H,11-13H2/t15-/m0/s1. The van der Waals surface area contributed by atoms with E-state index >= 15 is 0 Å². The maximum absolute atomic E-state index is 14.0. The number of nitrogens with zero attached hydrogens (tertiary/aromatic N) is 1. The monoisotopic (exact) mass is 393 g/mol. The Hall–Kier alpha value is -2.58. The van der Waals surface area contributed by atoms with Gasteiger partial charge in [-0.3, -0.25) is 4.79 Å². The lowest BCUT2D eigenvalue weighted by molar-refractivity contribution is 0.0661. The zero-order valence-corrected chi connectivity index (χ0v) is 15.0. The summed E-state index contributed by atoms with van der Waals surface area (Å²) in [5, 5.41) is 0. The van der Waals surface area contributed by atoms with Gasteiger partial charge in [0.2, 0.25) is 10.0 Å². The number of hydrogen-bond acceptors (Lipinski definition) is 4. The molecule has 5 nitrogen and oxygen atoms in total. The van der Waals surface area contributed by atoms with Crippen molar-refractivity contribution < 1.29 is 26.7 Å². The van der Waals surface area contributed by atoms with E-state index in [0.717, 1.165) is 23.8 Å². The van der Waals surface area contributed by atoms with Gasteiger partial charge < -0.3 is 4.74 Å². The third-order valence-electron chi connectivity index (χ3n) is 4.04. The van der Waals surface area contributed by atoms with E-state index in [1.54, 1.807) is 0 Å². The molecule has 1 amide bonds. The average Bonchev–Trinajstić information content (AvgIpc) is 2.61. The van der Waals surface area contributed by atoms with Gasteiger partial charge in [-0.25, -0.2) is 21.5 Å². The first kappa shape index (κ1) is 19.2. The molecular formula is C19H17F2NO4S. The molecule has 1 aliphatic heterocycles. The third kappa shape index (κ3) is 4.23. The fourth-order valence-electron chi connectivity index (χ4n) is 2.78. The molecule has 8 heteroatoms. The Morgan fingerprint density at radius 2 is 1.74 bits per heavy atom. The summed E-state index contributed by atoms with van der Waals surface area (Å²) in [6, 6.07) is 11.1. The van der Waals surface area contributed by atoms with Crippen molar-refractivity contribution in [3.8, 4) is 0 Å². The average molecular weight is 393 g/mol. The number of ether oxygens (including phenoxy) is 1. The number of halogens is 2. The molecule has 2 aromatic carbocycles. The van der Waals surface area contributed by atoms with Crippen molar-refractivity contribution in [2.45, 2.75) is 12.6 Å². The van der Waals surface area contributed by atoms with Gasteiger partial charge in [0.05, 0.1) is 25.0 Å². The first-order valence-corrected chi connectivity index (χ1v) is 9.80. The highest BCUT2D eigenvalue weighted by atomic mass is 32.2. The molecule has 1 aliphatic rings. The molecule has 0 unspecified atom stereocenters. The highest BCUT2D eigenvalue weighted by molar-refractivity contribution is 7.89. The molecule has 142 valence electrons. The predicted molar refractivity (Wildman–Crippen MR) is 95.3 cm³/mol. The van der Waals surface area contributed by atoms with Crippen LogP contribution in [0.4, 0.5) is 8.78 Å². The van der Waals surface area contributed by atoms with Gasteiger partial charge in [0.15, 0.2) is 0 Å². The van der Waals surface area contributed by atoms with Gasteiger partial charge in [0, 0.05) is 0 Å². The lowest BCUT2D eigenvalue weighted by Gasteiger charge is -2.31. The summed E-state index contributed by atoms with van der Waals surface area (Å²) in [5.41, 5.74) is -0.0254. The number of rotatable bonds is 5. The van der Waals surface area contributed by atoms with Gasteiger partial charge in [-0.15, -0.1) is 0 Å². The molecule has 2 aromatic rings. The molecule has 0 aliphatic carbocycles. The fraction of sp³-hybridized carbons (Fsp3) is 0.211. The van der Waals surface area contributed by atoms with Crippen LogP contribution in [-0.2, 0) is 21.4 Å². The Bertz CT molecular complexity index is 941. The number of sulfonamides is 1. The Morgan fingerprint density at radius 3 is 2.41 bits per heavy atom. The molecule has 0 aromatic heterocycles. The Labute approximate surface area is 155 Å². The van der Waals surface area contributed by atoms with Gasteiger partial charge in [-0.2, -0.15) is 0 Å². The molecule has 0 saturated heterocycles. The Morgan fingerprint density at radius 1 is 1.07 bits per heavy atom. The minimum absolute atomic E-state index is 0.133. The second-order valence-corrected chi connectivity index (χ2v) is 7.86. The number of amides is 1. The van der Waals surface area contributed by atoms with E-state index < -0.39 is 44.9 Å². The van der Waals surface area contributed by atoms with Crippen molar-refractivity contribution >= 4 is 15.9 Å². The number of hydrogen-bond donors (Lipinski definition) is 0. The molecule has 1 heterocycles. The predicted octanol–water partition coefficient (Wildman–Crippen LogP) is 2.89. The van der Waals surface area contributed by atoms with Crippen molar-refractivity contribution in [1.82, 2.24) is 4.31 Å². The lowest BCUT2D eigenvalue weighted by atomic mass is 10.1. The van der Waals surface area contributed by atoms with E-state index in [0.29, 0.717) is 4.31 Å². The van der Waals surface area contributed by atoms with Crippen LogP contribution in [-0.4, -0.2) is 37.0 Å². The largest absolute Gasteiger partial charge is 0.374 e. The van der Waals surface area contributed by atoms with Crippen LogP contribution >= 0.6 is 0 Å². The zero-order chi connectivity index (χ0) is 19.4. The molecule has 0 bridgehead atoms. The Balaban J connectivity index is 1.83. The topological polar surface area (TPSA) is 63.7 Å². The van der Waals surface area contributed by atoms with Crippen molar-refractivity contribution in [1.29, 1.82) is 0 Å². The number of benzene rings is 2. The van der Waals surface area contributed by atoms with Gasteiger partial charge in [-0.1, -0.05) is 48.6 Å². The maximum Gasteiger partial charge on any atom is 0.273 e. The van der Waals surface area contributed by atoms with Crippen LogP contribution in [0.2, 0.25) is 0 Å². The van der Waals surface area contributed by atoms with Gasteiger partial charge in [0.1, 0.15) is 17.2 Å². The van der Waals surface area contributed by atoms with Crippen LogP contribution in [0.3, 0.4) is 0 Å². The van der Waals surface area contributed by atoms with Crippen molar-refractivity contribution in [3.05, 3.63) is 83.4 Å². The molecule has 27 heavy (non-hydrogen) atoms. The molecule has 0 radical (unpaired) electrons. The third-order valence-corrected chi connectivity index (χ3v) is 5.69. The molecule has 0 N–H and O–H groups in total. The maximum atomic E-state index is 14.0. The summed E-state index contributed by atoms with van der Waals surface area (Å²) in [6.07, 6.45) is 2.88. The van der Waals surface area contributed by atoms with Gasteiger partial charge in [-0.05, 0) is 17.7 Å². The highest BCUT2D eigenvalue weighted by Crippen LogP contribution is 2.23. The summed E-state index contributed by atoms with van der Waals surface area (Å²) in [4.78, 5) is 12.7. The Kier molecular flexibility index (Phi) is 5.67. The first-order chi connectivity index (χ1) is 12.9. The lowest BCUT2D eigenvalue weighted by Crippen LogP contribution is -2.49. The quantitative estimate of drug-likeness (QED) is 0.733. The summed E-state index contributed by atoms with van der Waals surface area (Å²) in [6.45, 7) is 0.0771. The van der Waals surface area contributed by atoms with E-state index in [9.17, 15) is 22.0 Å². The molecule has 0 saturated carbocycles. The molecule has 3 rings (SSSR count). The van der Waals surface area contributed by atoms with E-state index in [1.807, 2.05) is 30.3 Å². The normalized spacial score (nSPS) is 18.4. The van der Waals surface area contributed by atoms with Crippen molar-refractivity contribution in [2.24, 2.45) is 0 Å². The van der Waals surface area contributed by atoms with E-state index in [1.165, 1.54) is 12.2 Å². The summed E-state index contributed by atoms with van der Waals surface area (Å²) in [5.74, 6) is -3.91. The van der Waals surface area contributed by atoms with Crippen LogP contribution in [0, 0.1) is 11.6 Å². The van der Waals surface area contributed by atoms with Crippen LogP contribution in [0.1, 0.15) is 15.9 Å². The minimum Gasteiger partial charge on any atom is -0.374 e. The van der Waals surface area contributed by atoms with E-state index in [2.05, 4.69) is 0 Å². The minimum atomic E-state index is -4.07. The van der Waals surface area contributed by atoms with Crippen molar-refractivity contribution in [2.75, 3.05) is 12.4 Å². The molecule has 0 fully saturated rings.